The number of benzene rings is 1. The molecule has 0 spiro atoms. The highest BCUT2D eigenvalue weighted by Gasteiger charge is 2.25. The van der Waals surface area contributed by atoms with E-state index < -0.39 is 46.5 Å². The number of hydrogen-bond donors (Lipinski definition) is 2. The lowest BCUT2D eigenvalue weighted by Gasteiger charge is -2.25. The summed E-state index contributed by atoms with van der Waals surface area (Å²) in [7, 11) is -1.66. The molecule has 2 heterocycles. The highest BCUT2D eigenvalue weighted by Crippen LogP contribution is 2.35. The molecule has 0 bridgehead atoms. The fraction of sp³-hybridized carbons (Fsp3) is 0.348. The number of aromatic nitrogens is 3. The molecule has 0 aliphatic carbocycles. The topological polar surface area (TPSA) is 120 Å². The SMILES string of the molecule is CC(C)c1c(F)c(F)cc(-c2ccnc(OCC(C)(C)n3cc(S(N)=O)cn3)c2)c1CC(=O)O. The Bertz CT molecular complexity index is 1240. The number of ether oxygens (including phenoxy) is 1. The molecule has 8 nitrogen and oxygen atoms in total. The predicted octanol–water partition coefficient (Wildman–Crippen LogP) is 3.77. The summed E-state index contributed by atoms with van der Waals surface area (Å²) in [4.78, 5) is 16.0. The lowest BCUT2D eigenvalue weighted by molar-refractivity contribution is -0.136. The van der Waals surface area contributed by atoms with Crippen molar-refractivity contribution >= 4 is 17.0 Å². The molecule has 0 radical (unpaired) electrons. The monoisotopic (exact) mass is 492 g/mol. The molecule has 1 aromatic carbocycles. The summed E-state index contributed by atoms with van der Waals surface area (Å²) in [6, 6.07) is 4.12. The standard InChI is InChI=1S/C23H26F2N4O4S/c1-13(2)21-17(9-20(30)31)16(8-18(24)22(21)25)14-5-6-27-19(7-14)33-12-23(3,4)29-11-15(10-28-29)34(26)32/h5-8,10-11,13H,9,12,26H2,1-4H3,(H,30,31). The van der Waals surface area contributed by atoms with Crippen LogP contribution in [-0.2, 0) is 27.7 Å². The van der Waals surface area contributed by atoms with E-state index in [4.69, 9.17) is 9.88 Å². The minimum absolute atomic E-state index is 0.0320. The number of halogens is 2. The maximum Gasteiger partial charge on any atom is 0.307 e. The number of aliphatic carboxylic acids is 1. The van der Waals surface area contributed by atoms with Gasteiger partial charge in [-0.3, -0.25) is 9.48 Å². The predicted molar refractivity (Wildman–Crippen MR) is 123 cm³/mol. The van der Waals surface area contributed by atoms with Crippen LogP contribution in [0.25, 0.3) is 11.1 Å². The normalized spacial score (nSPS) is 12.7. The van der Waals surface area contributed by atoms with Gasteiger partial charge in [0.2, 0.25) is 5.88 Å². The Labute approximate surface area is 198 Å². The van der Waals surface area contributed by atoms with Crippen molar-refractivity contribution in [2.75, 3.05) is 6.61 Å². The Hall–Kier alpha value is -3.18. The van der Waals surface area contributed by atoms with Crippen LogP contribution in [0.1, 0.15) is 44.7 Å². The summed E-state index contributed by atoms with van der Waals surface area (Å²) >= 11 is 0. The van der Waals surface area contributed by atoms with Crippen LogP contribution in [0.2, 0.25) is 0 Å². The first-order valence-corrected chi connectivity index (χ1v) is 11.6. The van der Waals surface area contributed by atoms with Gasteiger partial charge in [0.15, 0.2) is 11.6 Å². The Balaban J connectivity index is 1.95. The zero-order chi connectivity index (χ0) is 25.2. The number of rotatable bonds is 9. The molecule has 11 heteroatoms. The fourth-order valence-electron chi connectivity index (χ4n) is 3.60. The van der Waals surface area contributed by atoms with Crippen LogP contribution in [0.5, 0.6) is 5.88 Å². The molecule has 0 amide bonds. The molecular weight excluding hydrogens is 466 g/mol. The van der Waals surface area contributed by atoms with Crippen LogP contribution >= 0.6 is 0 Å². The van der Waals surface area contributed by atoms with Crippen LogP contribution in [0.3, 0.4) is 0 Å². The molecule has 34 heavy (non-hydrogen) atoms. The van der Waals surface area contributed by atoms with Gasteiger partial charge in [-0.25, -0.2) is 23.1 Å². The number of carboxylic acid groups (broad SMARTS) is 1. The van der Waals surface area contributed by atoms with Crippen molar-refractivity contribution in [1.82, 2.24) is 14.8 Å². The molecule has 3 rings (SSSR count). The van der Waals surface area contributed by atoms with Crippen LogP contribution in [0, 0.1) is 11.6 Å². The van der Waals surface area contributed by atoms with E-state index in [0.29, 0.717) is 10.5 Å². The number of carbonyl (C=O) groups is 1. The highest BCUT2D eigenvalue weighted by molar-refractivity contribution is 7.82. The molecule has 1 unspecified atom stereocenters. The molecule has 3 aromatic rings. The van der Waals surface area contributed by atoms with E-state index in [0.717, 1.165) is 6.07 Å². The van der Waals surface area contributed by atoms with E-state index in [1.165, 1.54) is 12.4 Å². The van der Waals surface area contributed by atoms with Gasteiger partial charge >= 0.3 is 5.97 Å². The van der Waals surface area contributed by atoms with Gasteiger partial charge in [0.1, 0.15) is 17.6 Å². The first-order chi connectivity index (χ1) is 15.9. The summed E-state index contributed by atoms with van der Waals surface area (Å²) in [5.41, 5.74) is 0.289. The maximum atomic E-state index is 14.6. The van der Waals surface area contributed by atoms with Gasteiger partial charge in [-0.2, -0.15) is 5.10 Å². The number of nitrogens with two attached hydrogens (primary N) is 1. The van der Waals surface area contributed by atoms with E-state index >= 15 is 0 Å². The number of carboxylic acids is 1. The first kappa shape index (κ1) is 25.4. The first-order valence-electron chi connectivity index (χ1n) is 10.4. The fourth-order valence-corrected chi connectivity index (χ4v) is 3.95. The maximum absolute atomic E-state index is 14.6. The summed E-state index contributed by atoms with van der Waals surface area (Å²) in [5, 5.41) is 19.0. The molecule has 0 saturated heterocycles. The van der Waals surface area contributed by atoms with Crippen molar-refractivity contribution in [3.63, 3.8) is 0 Å². The second-order valence-electron chi connectivity index (χ2n) is 8.74. The van der Waals surface area contributed by atoms with Crippen LogP contribution in [0.15, 0.2) is 41.7 Å². The minimum atomic E-state index is -1.66. The Kier molecular flexibility index (Phi) is 7.47. The molecular formula is C23H26F2N4O4S. The Morgan fingerprint density at radius 2 is 2.03 bits per heavy atom. The quantitative estimate of drug-likeness (QED) is 0.469. The lowest BCUT2D eigenvalue weighted by Crippen LogP contribution is -2.34. The largest absolute Gasteiger partial charge is 0.481 e. The third-order valence-electron chi connectivity index (χ3n) is 5.30. The lowest BCUT2D eigenvalue weighted by atomic mass is 9.88. The van der Waals surface area contributed by atoms with Crippen molar-refractivity contribution in [3.8, 4) is 17.0 Å². The van der Waals surface area contributed by atoms with E-state index in [1.807, 2.05) is 13.8 Å². The smallest absolute Gasteiger partial charge is 0.307 e. The highest BCUT2D eigenvalue weighted by atomic mass is 32.2. The molecule has 0 aliphatic heterocycles. The molecule has 0 fully saturated rings. The third kappa shape index (κ3) is 5.48. The van der Waals surface area contributed by atoms with Crippen LogP contribution in [0.4, 0.5) is 8.78 Å². The van der Waals surface area contributed by atoms with Crippen molar-refractivity contribution in [2.45, 2.75) is 50.5 Å². The summed E-state index contributed by atoms with van der Waals surface area (Å²) in [6.07, 6.45) is 3.96. The summed E-state index contributed by atoms with van der Waals surface area (Å²) < 4.78 is 47.9. The minimum Gasteiger partial charge on any atom is -0.481 e. The van der Waals surface area contributed by atoms with Crippen molar-refractivity contribution in [1.29, 1.82) is 0 Å². The van der Waals surface area contributed by atoms with Gasteiger partial charge in [0.05, 0.1) is 23.1 Å². The van der Waals surface area contributed by atoms with E-state index in [2.05, 4.69) is 10.1 Å². The van der Waals surface area contributed by atoms with Crippen LogP contribution < -0.4 is 9.88 Å². The van der Waals surface area contributed by atoms with Crippen molar-refractivity contribution in [2.24, 2.45) is 5.14 Å². The molecule has 2 aromatic heterocycles. The second-order valence-corrected chi connectivity index (χ2v) is 9.81. The summed E-state index contributed by atoms with van der Waals surface area (Å²) in [6.45, 7) is 7.18. The van der Waals surface area contributed by atoms with Crippen molar-refractivity contribution < 1.29 is 27.6 Å². The van der Waals surface area contributed by atoms with E-state index in [9.17, 15) is 22.9 Å². The second kappa shape index (κ2) is 9.98. The Morgan fingerprint density at radius 1 is 1.32 bits per heavy atom. The number of nitrogens with zero attached hydrogens (tertiary/aromatic N) is 3. The van der Waals surface area contributed by atoms with Gasteiger partial charge in [0, 0.05) is 18.5 Å². The third-order valence-corrected chi connectivity index (χ3v) is 5.98. The number of hydrogen-bond acceptors (Lipinski definition) is 5. The average molecular weight is 493 g/mol. The molecule has 182 valence electrons. The average Bonchev–Trinajstić information content (AvgIpc) is 3.26. The van der Waals surface area contributed by atoms with Gasteiger partial charge in [-0.1, -0.05) is 13.8 Å². The van der Waals surface area contributed by atoms with Gasteiger partial charge in [-0.05, 0) is 54.2 Å². The van der Waals surface area contributed by atoms with Gasteiger partial charge < -0.3 is 9.84 Å². The Morgan fingerprint density at radius 3 is 2.62 bits per heavy atom. The van der Waals surface area contributed by atoms with Crippen molar-refractivity contribution in [3.05, 3.63) is 59.6 Å². The van der Waals surface area contributed by atoms with Gasteiger partial charge in [0.25, 0.3) is 0 Å². The zero-order valence-corrected chi connectivity index (χ0v) is 20.0. The van der Waals surface area contributed by atoms with E-state index in [-0.39, 0.29) is 29.2 Å². The van der Waals surface area contributed by atoms with Gasteiger partial charge in [-0.15, -0.1) is 0 Å². The summed E-state index contributed by atoms with van der Waals surface area (Å²) in [5.74, 6) is -3.47. The number of pyridine rings is 1. The van der Waals surface area contributed by atoms with Crippen LogP contribution in [-0.4, -0.2) is 36.7 Å². The molecule has 3 N–H and O–H groups in total. The molecule has 0 saturated carbocycles. The van der Waals surface area contributed by atoms with E-state index in [1.54, 1.807) is 36.9 Å². The molecule has 0 aliphatic rings. The molecule has 1 atom stereocenters. The zero-order valence-electron chi connectivity index (χ0n) is 19.2.